The molecule has 1 aromatic carbocycles. The van der Waals surface area contributed by atoms with Crippen LogP contribution >= 0.6 is 0 Å². The number of unbranched alkanes of at least 4 members (excludes halogenated alkanes) is 1. The average Bonchev–Trinajstić information content (AvgIpc) is 2.99. The summed E-state index contributed by atoms with van der Waals surface area (Å²) in [6, 6.07) is 7.88. The Morgan fingerprint density at radius 2 is 2.05 bits per heavy atom. The summed E-state index contributed by atoms with van der Waals surface area (Å²) in [5.74, 6) is 1.14. The molecule has 0 saturated carbocycles. The van der Waals surface area contributed by atoms with Crippen molar-refractivity contribution in [2.24, 2.45) is 0 Å². The number of aromatic nitrogens is 2. The van der Waals surface area contributed by atoms with Crippen molar-refractivity contribution in [3.63, 3.8) is 0 Å². The van der Waals surface area contributed by atoms with Gasteiger partial charge in [0.2, 0.25) is 17.7 Å². The van der Waals surface area contributed by atoms with E-state index < -0.39 is 0 Å². The summed E-state index contributed by atoms with van der Waals surface area (Å²) in [5, 5.41) is 8.12. The number of benzene rings is 1. The number of hydrogen-bond acceptors (Lipinski definition) is 4. The fourth-order valence-corrected chi connectivity index (χ4v) is 2.20. The van der Waals surface area contributed by atoms with Crippen LogP contribution in [0.15, 0.2) is 28.7 Å². The van der Waals surface area contributed by atoms with Crippen LogP contribution in [0.25, 0.3) is 11.5 Å². The van der Waals surface area contributed by atoms with Gasteiger partial charge in [-0.05, 0) is 25.0 Å². The van der Waals surface area contributed by atoms with Gasteiger partial charge < -0.3 is 9.32 Å². The molecule has 0 spiro atoms. The van der Waals surface area contributed by atoms with Gasteiger partial charge in [-0.2, -0.15) is 0 Å². The maximum atomic E-state index is 12.0. The first kappa shape index (κ1) is 16.2. The van der Waals surface area contributed by atoms with Crippen molar-refractivity contribution in [1.29, 1.82) is 0 Å². The van der Waals surface area contributed by atoms with Crippen molar-refractivity contribution in [2.75, 3.05) is 13.6 Å². The van der Waals surface area contributed by atoms with Crippen LogP contribution < -0.4 is 0 Å². The molecular weight excluding hydrogens is 278 g/mol. The quantitative estimate of drug-likeness (QED) is 0.787. The van der Waals surface area contributed by atoms with E-state index in [1.165, 1.54) is 0 Å². The van der Waals surface area contributed by atoms with E-state index in [4.69, 9.17) is 4.42 Å². The molecule has 0 fully saturated rings. The van der Waals surface area contributed by atoms with Crippen LogP contribution in [0.5, 0.6) is 0 Å². The molecular formula is C17H23N3O2. The summed E-state index contributed by atoms with van der Waals surface area (Å²) >= 11 is 0. The first-order valence-corrected chi connectivity index (χ1v) is 7.74. The van der Waals surface area contributed by atoms with Gasteiger partial charge in [-0.1, -0.05) is 31.5 Å². The largest absolute Gasteiger partial charge is 0.421 e. The third kappa shape index (κ3) is 4.16. The molecule has 0 unspecified atom stereocenters. The van der Waals surface area contributed by atoms with Gasteiger partial charge in [0.1, 0.15) is 0 Å². The highest BCUT2D eigenvalue weighted by Crippen LogP contribution is 2.21. The van der Waals surface area contributed by atoms with Crippen molar-refractivity contribution in [3.05, 3.63) is 35.7 Å². The highest BCUT2D eigenvalue weighted by Gasteiger charge is 2.13. The van der Waals surface area contributed by atoms with Gasteiger partial charge in [0.05, 0.1) is 0 Å². The van der Waals surface area contributed by atoms with Gasteiger partial charge in [-0.25, -0.2) is 0 Å². The number of rotatable bonds is 7. The van der Waals surface area contributed by atoms with Gasteiger partial charge >= 0.3 is 0 Å². The third-order valence-corrected chi connectivity index (χ3v) is 3.67. The Bertz CT molecular complexity index is 622. The second-order valence-electron chi connectivity index (χ2n) is 5.48. The molecule has 0 aliphatic rings. The molecule has 5 heteroatoms. The monoisotopic (exact) mass is 301 g/mol. The Morgan fingerprint density at radius 3 is 2.77 bits per heavy atom. The summed E-state index contributed by atoms with van der Waals surface area (Å²) in [5.41, 5.74) is 2.03. The maximum absolute atomic E-state index is 12.0. The Balaban J connectivity index is 1.93. The van der Waals surface area contributed by atoms with Crippen molar-refractivity contribution in [2.45, 2.75) is 39.5 Å². The molecule has 0 bridgehead atoms. The third-order valence-electron chi connectivity index (χ3n) is 3.67. The number of nitrogens with zero attached hydrogens (tertiary/aromatic N) is 3. The standard InChI is InChI=1S/C17H23N3O2/c1-4-5-12-20(3)16(21)11-10-15-18-19-17(22-15)14-9-7-6-8-13(14)2/h6-9H,4-5,10-12H2,1-3H3. The van der Waals surface area contributed by atoms with E-state index >= 15 is 0 Å². The second-order valence-corrected chi connectivity index (χ2v) is 5.48. The zero-order valence-corrected chi connectivity index (χ0v) is 13.5. The van der Waals surface area contributed by atoms with Crippen LogP contribution in [0.1, 0.15) is 37.6 Å². The number of carbonyl (C=O) groups excluding carboxylic acids is 1. The van der Waals surface area contributed by atoms with E-state index in [1.807, 2.05) is 38.2 Å². The van der Waals surface area contributed by atoms with E-state index in [-0.39, 0.29) is 5.91 Å². The van der Waals surface area contributed by atoms with Crippen molar-refractivity contribution in [1.82, 2.24) is 15.1 Å². The summed E-state index contributed by atoms with van der Waals surface area (Å²) in [7, 11) is 1.84. The molecule has 0 atom stereocenters. The molecule has 0 N–H and O–H groups in total. The fourth-order valence-electron chi connectivity index (χ4n) is 2.20. The lowest BCUT2D eigenvalue weighted by Gasteiger charge is -2.15. The van der Waals surface area contributed by atoms with Crippen LogP contribution in [-0.4, -0.2) is 34.6 Å². The number of aryl methyl sites for hydroxylation is 2. The van der Waals surface area contributed by atoms with E-state index in [2.05, 4.69) is 17.1 Å². The SMILES string of the molecule is CCCCN(C)C(=O)CCc1nnc(-c2ccccc2C)o1. The predicted octanol–water partition coefficient (Wildman–Crippen LogP) is 3.24. The molecule has 2 aromatic rings. The smallest absolute Gasteiger partial charge is 0.247 e. The molecule has 118 valence electrons. The zero-order valence-electron chi connectivity index (χ0n) is 13.5. The first-order valence-electron chi connectivity index (χ1n) is 7.74. The lowest BCUT2D eigenvalue weighted by atomic mass is 10.1. The van der Waals surface area contributed by atoms with E-state index in [9.17, 15) is 4.79 Å². The Kier molecular flexibility index (Phi) is 5.69. The first-order chi connectivity index (χ1) is 10.6. The molecule has 1 aromatic heterocycles. The van der Waals surface area contributed by atoms with Crippen molar-refractivity contribution in [3.8, 4) is 11.5 Å². The lowest BCUT2D eigenvalue weighted by molar-refractivity contribution is -0.130. The van der Waals surface area contributed by atoms with E-state index in [0.717, 1.165) is 30.5 Å². The highest BCUT2D eigenvalue weighted by molar-refractivity contribution is 5.76. The minimum Gasteiger partial charge on any atom is -0.421 e. The van der Waals surface area contributed by atoms with Crippen LogP contribution in [0.4, 0.5) is 0 Å². The van der Waals surface area contributed by atoms with Crippen LogP contribution in [0, 0.1) is 6.92 Å². The summed E-state index contributed by atoms with van der Waals surface area (Å²) in [6.45, 7) is 4.92. The fraction of sp³-hybridized carbons (Fsp3) is 0.471. The molecule has 0 aliphatic heterocycles. The molecule has 0 radical (unpaired) electrons. The molecule has 22 heavy (non-hydrogen) atoms. The van der Waals surface area contributed by atoms with Gasteiger partial charge in [0.25, 0.3) is 0 Å². The zero-order chi connectivity index (χ0) is 15.9. The van der Waals surface area contributed by atoms with Crippen LogP contribution in [0.2, 0.25) is 0 Å². The number of carbonyl (C=O) groups is 1. The minimum absolute atomic E-state index is 0.115. The molecule has 2 rings (SSSR count). The molecule has 0 aliphatic carbocycles. The molecule has 0 saturated heterocycles. The summed E-state index contributed by atoms with van der Waals surface area (Å²) < 4.78 is 5.67. The Hall–Kier alpha value is -2.17. The topological polar surface area (TPSA) is 59.2 Å². The normalized spacial score (nSPS) is 10.7. The molecule has 1 amide bonds. The van der Waals surface area contributed by atoms with Crippen molar-refractivity contribution >= 4 is 5.91 Å². The summed E-state index contributed by atoms with van der Waals surface area (Å²) in [6.07, 6.45) is 2.99. The lowest BCUT2D eigenvalue weighted by Crippen LogP contribution is -2.27. The van der Waals surface area contributed by atoms with E-state index in [0.29, 0.717) is 24.6 Å². The van der Waals surface area contributed by atoms with Gasteiger partial charge in [-0.15, -0.1) is 10.2 Å². The molecule has 5 nitrogen and oxygen atoms in total. The minimum atomic E-state index is 0.115. The van der Waals surface area contributed by atoms with Gasteiger partial charge in [-0.3, -0.25) is 4.79 Å². The van der Waals surface area contributed by atoms with Crippen molar-refractivity contribution < 1.29 is 9.21 Å². The number of hydrogen-bond donors (Lipinski definition) is 0. The second kappa shape index (κ2) is 7.73. The molecule has 1 heterocycles. The van der Waals surface area contributed by atoms with Crippen LogP contribution in [0.3, 0.4) is 0 Å². The van der Waals surface area contributed by atoms with E-state index in [1.54, 1.807) is 4.90 Å². The van der Waals surface area contributed by atoms with Gasteiger partial charge in [0, 0.05) is 32.0 Å². The highest BCUT2D eigenvalue weighted by atomic mass is 16.4. The summed E-state index contributed by atoms with van der Waals surface area (Å²) in [4.78, 5) is 13.8. The van der Waals surface area contributed by atoms with Crippen LogP contribution in [-0.2, 0) is 11.2 Å². The predicted molar refractivity (Wildman–Crippen MR) is 85.3 cm³/mol. The Labute approximate surface area is 131 Å². The number of amides is 1. The Morgan fingerprint density at radius 1 is 1.27 bits per heavy atom. The van der Waals surface area contributed by atoms with Gasteiger partial charge in [0.15, 0.2) is 0 Å². The average molecular weight is 301 g/mol. The maximum Gasteiger partial charge on any atom is 0.247 e.